The van der Waals surface area contributed by atoms with E-state index in [0.29, 0.717) is 17.0 Å². The van der Waals surface area contributed by atoms with Crippen LogP contribution in [0.15, 0.2) is 47.1 Å². The lowest BCUT2D eigenvalue weighted by Gasteiger charge is -2.19. The van der Waals surface area contributed by atoms with Crippen LogP contribution in [0, 0.1) is 0 Å². The molecule has 1 N–H and O–H groups in total. The normalized spacial score (nSPS) is 11.2. The fraction of sp³-hybridized carbons (Fsp3) is 0.267. The van der Waals surface area contributed by atoms with Crippen LogP contribution < -0.4 is 9.62 Å². The summed E-state index contributed by atoms with van der Waals surface area (Å²) in [5.74, 6) is 0.356. The second-order valence-electron chi connectivity index (χ2n) is 4.68. The number of amides is 1. The van der Waals surface area contributed by atoms with Gasteiger partial charge in [-0.1, -0.05) is 6.07 Å². The van der Waals surface area contributed by atoms with E-state index in [4.69, 9.17) is 4.42 Å². The zero-order chi connectivity index (χ0) is 16.2. The van der Waals surface area contributed by atoms with E-state index in [1.54, 1.807) is 43.3 Å². The fourth-order valence-electron chi connectivity index (χ4n) is 1.88. The topological polar surface area (TPSA) is 79.6 Å². The summed E-state index contributed by atoms with van der Waals surface area (Å²) >= 11 is 0. The standard InChI is InChI=1S/C15H18N2O4S/c1-3-22(19,20)17(2)13-7-4-6-12(10-13)15(18)16-11-14-8-5-9-21-14/h4-10H,3,11H2,1-2H3,(H,16,18). The Morgan fingerprint density at radius 3 is 2.68 bits per heavy atom. The molecule has 0 unspecified atom stereocenters. The minimum Gasteiger partial charge on any atom is -0.467 e. The maximum Gasteiger partial charge on any atom is 0.251 e. The maximum atomic E-state index is 12.1. The van der Waals surface area contributed by atoms with Gasteiger partial charge in [0, 0.05) is 12.6 Å². The Balaban J connectivity index is 2.12. The predicted molar refractivity (Wildman–Crippen MR) is 84.2 cm³/mol. The molecule has 22 heavy (non-hydrogen) atoms. The lowest BCUT2D eigenvalue weighted by molar-refractivity contribution is 0.0948. The van der Waals surface area contributed by atoms with Crippen LogP contribution in [0.4, 0.5) is 5.69 Å². The van der Waals surface area contributed by atoms with E-state index in [9.17, 15) is 13.2 Å². The van der Waals surface area contributed by atoms with Crippen molar-refractivity contribution in [3.8, 4) is 0 Å². The minimum atomic E-state index is -3.35. The minimum absolute atomic E-state index is 0.00157. The Morgan fingerprint density at radius 1 is 1.27 bits per heavy atom. The highest BCUT2D eigenvalue weighted by Gasteiger charge is 2.17. The molecule has 0 bridgehead atoms. The van der Waals surface area contributed by atoms with Gasteiger partial charge in [-0.3, -0.25) is 9.10 Å². The van der Waals surface area contributed by atoms with Crippen LogP contribution in [0.1, 0.15) is 23.0 Å². The van der Waals surface area contributed by atoms with Crippen molar-refractivity contribution in [3.63, 3.8) is 0 Å². The summed E-state index contributed by atoms with van der Waals surface area (Å²) in [6.45, 7) is 1.85. The molecule has 2 rings (SSSR count). The molecule has 0 fully saturated rings. The highest BCUT2D eigenvalue weighted by molar-refractivity contribution is 7.92. The lowest BCUT2D eigenvalue weighted by Crippen LogP contribution is -2.28. The van der Waals surface area contributed by atoms with E-state index in [1.807, 2.05) is 0 Å². The van der Waals surface area contributed by atoms with Crippen molar-refractivity contribution < 1.29 is 17.6 Å². The second-order valence-corrected chi connectivity index (χ2v) is 6.97. The van der Waals surface area contributed by atoms with E-state index < -0.39 is 10.0 Å². The molecule has 1 heterocycles. The Kier molecular flexibility index (Phi) is 4.87. The van der Waals surface area contributed by atoms with Crippen molar-refractivity contribution in [1.82, 2.24) is 5.32 Å². The largest absolute Gasteiger partial charge is 0.467 e. The Bertz CT molecular complexity index is 739. The predicted octanol–water partition coefficient (Wildman–Crippen LogP) is 2.00. The second kappa shape index (κ2) is 6.65. The number of benzene rings is 1. The SMILES string of the molecule is CCS(=O)(=O)N(C)c1cccc(C(=O)NCc2ccco2)c1. The van der Waals surface area contributed by atoms with Crippen LogP contribution >= 0.6 is 0 Å². The number of hydrogen-bond acceptors (Lipinski definition) is 4. The number of hydrogen-bond donors (Lipinski definition) is 1. The number of carbonyl (C=O) groups is 1. The number of sulfonamides is 1. The molecule has 0 saturated carbocycles. The first-order valence-corrected chi connectivity index (χ1v) is 8.42. The molecule has 0 aliphatic rings. The molecule has 7 heteroatoms. The summed E-state index contributed by atoms with van der Waals surface area (Å²) in [7, 11) is -1.88. The van der Waals surface area contributed by atoms with Crippen LogP contribution in [0.2, 0.25) is 0 Å². The first-order valence-electron chi connectivity index (χ1n) is 6.81. The average Bonchev–Trinajstić information content (AvgIpc) is 3.05. The highest BCUT2D eigenvalue weighted by atomic mass is 32.2. The number of carbonyl (C=O) groups excluding carboxylic acids is 1. The van der Waals surface area contributed by atoms with E-state index in [2.05, 4.69) is 5.32 Å². The van der Waals surface area contributed by atoms with Gasteiger partial charge in [0.05, 0.1) is 24.2 Å². The zero-order valence-corrected chi connectivity index (χ0v) is 13.3. The van der Waals surface area contributed by atoms with Gasteiger partial charge in [0.2, 0.25) is 10.0 Å². The van der Waals surface area contributed by atoms with Crippen LogP contribution in [0.5, 0.6) is 0 Å². The van der Waals surface area contributed by atoms with Gasteiger partial charge in [0.15, 0.2) is 0 Å². The molecule has 1 aromatic heterocycles. The average molecular weight is 322 g/mol. The van der Waals surface area contributed by atoms with Crippen molar-refractivity contribution in [2.45, 2.75) is 13.5 Å². The number of rotatable bonds is 6. The van der Waals surface area contributed by atoms with Crippen molar-refractivity contribution >= 4 is 21.6 Å². The summed E-state index contributed by atoms with van der Waals surface area (Å²) in [5, 5.41) is 2.72. The fourth-order valence-corrected chi connectivity index (χ4v) is 2.70. The lowest BCUT2D eigenvalue weighted by atomic mass is 10.2. The summed E-state index contributed by atoms with van der Waals surface area (Å²) in [5.41, 5.74) is 0.842. The first kappa shape index (κ1) is 16.1. The number of nitrogens with zero attached hydrogens (tertiary/aromatic N) is 1. The maximum absolute atomic E-state index is 12.1. The molecule has 0 aliphatic heterocycles. The van der Waals surface area contributed by atoms with Crippen LogP contribution in [-0.4, -0.2) is 27.1 Å². The van der Waals surface area contributed by atoms with Gasteiger partial charge in [-0.15, -0.1) is 0 Å². The van der Waals surface area contributed by atoms with E-state index in [1.165, 1.54) is 17.6 Å². The van der Waals surface area contributed by atoms with Crippen LogP contribution in [0.3, 0.4) is 0 Å². The van der Waals surface area contributed by atoms with E-state index >= 15 is 0 Å². The highest BCUT2D eigenvalue weighted by Crippen LogP contribution is 2.18. The van der Waals surface area contributed by atoms with Crippen LogP contribution in [0.25, 0.3) is 0 Å². The molecular formula is C15H18N2O4S. The van der Waals surface area contributed by atoms with Gasteiger partial charge < -0.3 is 9.73 Å². The van der Waals surface area contributed by atoms with Gasteiger partial charge in [-0.2, -0.15) is 0 Å². The molecule has 118 valence electrons. The zero-order valence-electron chi connectivity index (χ0n) is 12.4. The monoisotopic (exact) mass is 322 g/mol. The van der Waals surface area contributed by atoms with Gasteiger partial charge in [0.25, 0.3) is 5.91 Å². The van der Waals surface area contributed by atoms with Gasteiger partial charge in [-0.25, -0.2) is 8.42 Å². The van der Waals surface area contributed by atoms with Crippen molar-refractivity contribution in [3.05, 3.63) is 54.0 Å². The quantitative estimate of drug-likeness (QED) is 0.882. The molecule has 1 amide bonds. The summed E-state index contributed by atoms with van der Waals surface area (Å²) in [6, 6.07) is 9.98. The van der Waals surface area contributed by atoms with Crippen molar-refractivity contribution in [2.24, 2.45) is 0 Å². The molecule has 0 spiro atoms. The van der Waals surface area contributed by atoms with E-state index in [-0.39, 0.29) is 18.2 Å². The number of furan rings is 1. The summed E-state index contributed by atoms with van der Waals surface area (Å²) in [4.78, 5) is 12.1. The third-order valence-corrected chi connectivity index (χ3v) is 5.03. The number of anilines is 1. The Labute approximate surface area is 129 Å². The summed E-state index contributed by atoms with van der Waals surface area (Å²) < 4.78 is 30.1. The first-order chi connectivity index (χ1) is 10.4. The van der Waals surface area contributed by atoms with Gasteiger partial charge >= 0.3 is 0 Å². The third kappa shape index (κ3) is 3.67. The molecule has 6 nitrogen and oxygen atoms in total. The molecule has 0 atom stereocenters. The summed E-state index contributed by atoms with van der Waals surface area (Å²) in [6.07, 6.45) is 1.53. The Hall–Kier alpha value is -2.28. The molecular weight excluding hydrogens is 304 g/mol. The smallest absolute Gasteiger partial charge is 0.251 e. The molecule has 0 radical (unpaired) electrons. The van der Waals surface area contributed by atoms with Gasteiger partial charge in [-0.05, 0) is 37.3 Å². The van der Waals surface area contributed by atoms with Gasteiger partial charge in [0.1, 0.15) is 5.76 Å². The van der Waals surface area contributed by atoms with Crippen molar-refractivity contribution in [1.29, 1.82) is 0 Å². The van der Waals surface area contributed by atoms with E-state index in [0.717, 1.165) is 0 Å². The molecule has 1 aromatic carbocycles. The molecule has 2 aromatic rings. The van der Waals surface area contributed by atoms with Crippen molar-refractivity contribution in [2.75, 3.05) is 17.1 Å². The molecule has 0 saturated heterocycles. The third-order valence-electron chi connectivity index (χ3n) is 3.26. The molecule has 0 aliphatic carbocycles. The van der Waals surface area contributed by atoms with Crippen LogP contribution in [-0.2, 0) is 16.6 Å². The number of nitrogens with one attached hydrogen (secondary N) is 1. The Morgan fingerprint density at radius 2 is 2.05 bits per heavy atom.